The molecule has 108 valence electrons. The summed E-state index contributed by atoms with van der Waals surface area (Å²) in [6, 6.07) is 0. The highest BCUT2D eigenvalue weighted by Gasteiger charge is 2.35. The van der Waals surface area contributed by atoms with Gasteiger partial charge in [-0.25, -0.2) is 0 Å². The SMILES string of the molecule is CCCCOCCCC(CC)(NCCC)C(=O)O. The second-order valence-corrected chi connectivity index (χ2v) is 4.74. The van der Waals surface area contributed by atoms with Gasteiger partial charge < -0.3 is 15.2 Å². The topological polar surface area (TPSA) is 58.6 Å². The average molecular weight is 259 g/mol. The molecule has 0 aromatic carbocycles. The van der Waals surface area contributed by atoms with Crippen molar-refractivity contribution >= 4 is 5.97 Å². The van der Waals surface area contributed by atoms with Gasteiger partial charge in [0.1, 0.15) is 5.54 Å². The molecule has 4 heteroatoms. The van der Waals surface area contributed by atoms with Crippen molar-refractivity contribution in [3.63, 3.8) is 0 Å². The number of ether oxygens (including phenoxy) is 1. The predicted molar refractivity (Wildman–Crippen MR) is 73.9 cm³/mol. The maximum atomic E-state index is 11.4. The first-order valence-corrected chi connectivity index (χ1v) is 7.19. The number of hydrogen-bond donors (Lipinski definition) is 2. The van der Waals surface area contributed by atoms with Crippen molar-refractivity contribution in [2.24, 2.45) is 0 Å². The van der Waals surface area contributed by atoms with Gasteiger partial charge in [0.2, 0.25) is 0 Å². The molecule has 0 aromatic rings. The number of nitrogens with one attached hydrogen (secondary N) is 1. The molecule has 0 heterocycles. The van der Waals surface area contributed by atoms with E-state index in [4.69, 9.17) is 4.74 Å². The van der Waals surface area contributed by atoms with Crippen LogP contribution in [0.4, 0.5) is 0 Å². The monoisotopic (exact) mass is 259 g/mol. The summed E-state index contributed by atoms with van der Waals surface area (Å²) in [6.45, 7) is 8.28. The Bertz CT molecular complexity index is 221. The van der Waals surface area contributed by atoms with Crippen LogP contribution in [0, 0.1) is 0 Å². The highest BCUT2D eigenvalue weighted by molar-refractivity contribution is 5.78. The van der Waals surface area contributed by atoms with E-state index in [2.05, 4.69) is 12.2 Å². The van der Waals surface area contributed by atoms with Crippen molar-refractivity contribution in [1.82, 2.24) is 5.32 Å². The number of carbonyl (C=O) groups is 1. The zero-order valence-corrected chi connectivity index (χ0v) is 12.1. The summed E-state index contributed by atoms with van der Waals surface area (Å²) in [4.78, 5) is 11.4. The zero-order valence-electron chi connectivity index (χ0n) is 12.1. The predicted octanol–water partition coefficient (Wildman–Crippen LogP) is 2.82. The van der Waals surface area contributed by atoms with E-state index < -0.39 is 11.5 Å². The summed E-state index contributed by atoms with van der Waals surface area (Å²) in [6.07, 6.45) is 5.18. The first kappa shape index (κ1) is 17.4. The molecule has 0 aliphatic rings. The van der Waals surface area contributed by atoms with E-state index in [-0.39, 0.29) is 0 Å². The van der Waals surface area contributed by atoms with Gasteiger partial charge in [-0.05, 0) is 38.6 Å². The Morgan fingerprint density at radius 3 is 2.33 bits per heavy atom. The molecule has 0 aliphatic heterocycles. The van der Waals surface area contributed by atoms with Crippen LogP contribution in [0.15, 0.2) is 0 Å². The molecule has 1 atom stereocenters. The van der Waals surface area contributed by atoms with Gasteiger partial charge in [0.15, 0.2) is 0 Å². The molecule has 4 nitrogen and oxygen atoms in total. The van der Waals surface area contributed by atoms with Gasteiger partial charge in [-0.2, -0.15) is 0 Å². The van der Waals surface area contributed by atoms with Crippen LogP contribution in [0.5, 0.6) is 0 Å². The molecule has 0 radical (unpaired) electrons. The van der Waals surface area contributed by atoms with Crippen molar-refractivity contribution < 1.29 is 14.6 Å². The van der Waals surface area contributed by atoms with Crippen molar-refractivity contribution in [3.05, 3.63) is 0 Å². The Kier molecular flexibility index (Phi) is 9.98. The maximum absolute atomic E-state index is 11.4. The quantitative estimate of drug-likeness (QED) is 0.529. The van der Waals surface area contributed by atoms with Gasteiger partial charge in [-0.3, -0.25) is 4.79 Å². The number of unbranched alkanes of at least 4 members (excludes halogenated alkanes) is 1. The third-order valence-corrected chi connectivity index (χ3v) is 3.26. The van der Waals surface area contributed by atoms with E-state index in [1.54, 1.807) is 0 Å². The molecule has 1 unspecified atom stereocenters. The number of aliphatic carboxylic acids is 1. The summed E-state index contributed by atoms with van der Waals surface area (Å²) in [5.41, 5.74) is -0.774. The second kappa shape index (κ2) is 10.3. The van der Waals surface area contributed by atoms with Gasteiger partial charge in [-0.15, -0.1) is 0 Å². The molecular weight excluding hydrogens is 230 g/mol. The van der Waals surface area contributed by atoms with E-state index in [9.17, 15) is 9.90 Å². The lowest BCUT2D eigenvalue weighted by atomic mass is 9.90. The Labute approximate surface area is 111 Å². The van der Waals surface area contributed by atoms with Crippen LogP contribution >= 0.6 is 0 Å². The molecule has 0 saturated heterocycles. The fourth-order valence-corrected chi connectivity index (χ4v) is 1.91. The second-order valence-electron chi connectivity index (χ2n) is 4.74. The lowest BCUT2D eigenvalue weighted by Gasteiger charge is -2.29. The maximum Gasteiger partial charge on any atom is 0.323 e. The van der Waals surface area contributed by atoms with E-state index >= 15 is 0 Å². The normalized spacial score (nSPS) is 14.4. The first-order chi connectivity index (χ1) is 8.63. The summed E-state index contributed by atoms with van der Waals surface area (Å²) in [5.74, 6) is -0.744. The smallest absolute Gasteiger partial charge is 0.323 e. The van der Waals surface area contributed by atoms with Gasteiger partial charge in [0, 0.05) is 13.2 Å². The largest absolute Gasteiger partial charge is 0.480 e. The highest BCUT2D eigenvalue weighted by atomic mass is 16.5. The van der Waals surface area contributed by atoms with E-state index in [1.807, 2.05) is 13.8 Å². The number of rotatable bonds is 12. The van der Waals surface area contributed by atoms with Crippen LogP contribution < -0.4 is 5.32 Å². The molecule has 0 bridgehead atoms. The van der Waals surface area contributed by atoms with Crippen LogP contribution in [0.3, 0.4) is 0 Å². The minimum atomic E-state index is -0.774. The molecule has 0 aromatic heterocycles. The fourth-order valence-electron chi connectivity index (χ4n) is 1.91. The first-order valence-electron chi connectivity index (χ1n) is 7.19. The van der Waals surface area contributed by atoms with E-state index in [1.165, 1.54) is 0 Å². The molecule has 0 saturated carbocycles. The Morgan fingerprint density at radius 2 is 1.83 bits per heavy atom. The lowest BCUT2D eigenvalue weighted by molar-refractivity contribution is -0.145. The minimum Gasteiger partial charge on any atom is -0.480 e. The van der Waals surface area contributed by atoms with Crippen LogP contribution in [-0.2, 0) is 9.53 Å². The van der Waals surface area contributed by atoms with Crippen LogP contribution in [0.1, 0.15) is 59.3 Å². The Morgan fingerprint density at radius 1 is 1.17 bits per heavy atom. The van der Waals surface area contributed by atoms with Gasteiger partial charge in [0.25, 0.3) is 0 Å². The third kappa shape index (κ3) is 6.36. The standard InChI is InChI=1S/C14H29NO3/c1-4-7-11-18-12-8-9-14(6-3,13(16)17)15-10-5-2/h15H,4-12H2,1-3H3,(H,16,17). The molecular formula is C14H29NO3. The van der Waals surface area contributed by atoms with Gasteiger partial charge in [-0.1, -0.05) is 27.2 Å². The van der Waals surface area contributed by atoms with Crippen molar-refractivity contribution in [1.29, 1.82) is 0 Å². The van der Waals surface area contributed by atoms with Crippen molar-refractivity contribution in [2.75, 3.05) is 19.8 Å². The zero-order chi connectivity index (χ0) is 13.9. The number of carboxylic acids is 1. The highest BCUT2D eigenvalue weighted by Crippen LogP contribution is 2.18. The molecule has 2 N–H and O–H groups in total. The molecule has 0 rings (SSSR count). The summed E-state index contributed by atoms with van der Waals surface area (Å²) in [7, 11) is 0. The van der Waals surface area contributed by atoms with Crippen molar-refractivity contribution in [2.45, 2.75) is 64.8 Å². The molecule has 18 heavy (non-hydrogen) atoms. The number of hydrogen-bond acceptors (Lipinski definition) is 3. The van der Waals surface area contributed by atoms with Crippen LogP contribution in [0.25, 0.3) is 0 Å². The fraction of sp³-hybridized carbons (Fsp3) is 0.929. The van der Waals surface area contributed by atoms with Crippen molar-refractivity contribution in [3.8, 4) is 0 Å². The number of carboxylic acid groups (broad SMARTS) is 1. The van der Waals surface area contributed by atoms with Gasteiger partial charge in [0.05, 0.1) is 0 Å². The molecule has 0 amide bonds. The molecule has 0 fully saturated rings. The molecule has 0 aliphatic carbocycles. The van der Waals surface area contributed by atoms with Crippen LogP contribution in [-0.4, -0.2) is 36.4 Å². The van der Waals surface area contributed by atoms with Crippen LogP contribution in [0.2, 0.25) is 0 Å². The summed E-state index contributed by atoms with van der Waals surface area (Å²) < 4.78 is 5.48. The van der Waals surface area contributed by atoms with E-state index in [0.717, 1.165) is 38.8 Å². The molecule has 0 spiro atoms. The summed E-state index contributed by atoms with van der Waals surface area (Å²) >= 11 is 0. The lowest BCUT2D eigenvalue weighted by Crippen LogP contribution is -2.52. The Hall–Kier alpha value is -0.610. The van der Waals surface area contributed by atoms with E-state index in [0.29, 0.717) is 19.4 Å². The summed E-state index contributed by atoms with van der Waals surface area (Å²) in [5, 5.41) is 12.6. The van der Waals surface area contributed by atoms with Gasteiger partial charge >= 0.3 is 5.97 Å². The Balaban J connectivity index is 4.04. The third-order valence-electron chi connectivity index (χ3n) is 3.26. The average Bonchev–Trinajstić information content (AvgIpc) is 2.37. The minimum absolute atomic E-state index is 0.608.